The normalized spacial score (nSPS) is 11.8. The van der Waals surface area contributed by atoms with Crippen LogP contribution >= 0.6 is 11.3 Å². The summed E-state index contributed by atoms with van der Waals surface area (Å²) < 4.78 is 11.7. The third kappa shape index (κ3) is 4.31. The molecule has 0 fully saturated rings. The summed E-state index contributed by atoms with van der Waals surface area (Å²) in [6, 6.07) is 65.3. The SMILES string of the molecule is c1ccc(-c2ccc(N(c3ccc(-n4c5ccccc5c5ccccc54)cc3)c3cccc4sc5ccccc5c34)c3c2oc2ccccc23)cc1. The molecule has 0 saturated carbocycles. The van der Waals surface area contributed by atoms with E-state index >= 15 is 0 Å². The van der Waals surface area contributed by atoms with Crippen molar-refractivity contribution in [2.45, 2.75) is 0 Å². The summed E-state index contributed by atoms with van der Waals surface area (Å²) in [7, 11) is 0. The minimum absolute atomic E-state index is 0.878. The van der Waals surface area contributed by atoms with Crippen molar-refractivity contribution >= 4 is 92.3 Å². The fourth-order valence-corrected chi connectivity index (χ4v) is 9.27. The Kier molecular flexibility index (Phi) is 6.42. The number of benzene rings is 8. The fraction of sp³-hybridized carbons (Fsp3) is 0. The quantitative estimate of drug-likeness (QED) is 0.180. The maximum Gasteiger partial charge on any atom is 0.145 e. The third-order valence-electron chi connectivity index (χ3n) is 10.4. The van der Waals surface area contributed by atoms with E-state index in [1.54, 1.807) is 0 Å². The number of para-hydroxylation sites is 3. The third-order valence-corrected chi connectivity index (χ3v) is 11.5. The van der Waals surface area contributed by atoms with Crippen molar-refractivity contribution in [1.29, 1.82) is 0 Å². The van der Waals surface area contributed by atoms with Crippen LogP contribution in [-0.2, 0) is 0 Å². The van der Waals surface area contributed by atoms with Gasteiger partial charge in [-0.05, 0) is 78.4 Å². The first-order valence-electron chi connectivity index (χ1n) is 17.6. The van der Waals surface area contributed by atoms with Crippen molar-refractivity contribution in [3.63, 3.8) is 0 Å². The number of furan rings is 1. The molecule has 0 aliphatic carbocycles. The smallest absolute Gasteiger partial charge is 0.145 e. The summed E-state index contributed by atoms with van der Waals surface area (Å²) in [5.74, 6) is 0. The Bertz CT molecular complexity index is 3080. The van der Waals surface area contributed by atoms with Crippen molar-refractivity contribution in [3.8, 4) is 16.8 Å². The molecular formula is C48H30N2OS. The largest absolute Gasteiger partial charge is 0.455 e. The average molecular weight is 683 g/mol. The van der Waals surface area contributed by atoms with Crippen LogP contribution in [0, 0.1) is 0 Å². The summed E-state index contributed by atoms with van der Waals surface area (Å²) in [4.78, 5) is 2.44. The van der Waals surface area contributed by atoms with Crippen molar-refractivity contribution in [2.24, 2.45) is 0 Å². The number of nitrogens with zero attached hydrogens (tertiary/aromatic N) is 2. The number of aromatic nitrogens is 1. The molecule has 52 heavy (non-hydrogen) atoms. The molecule has 11 aromatic rings. The molecule has 0 saturated heterocycles. The summed E-state index contributed by atoms with van der Waals surface area (Å²) >= 11 is 1.85. The molecule has 8 aromatic carbocycles. The predicted molar refractivity (Wildman–Crippen MR) is 221 cm³/mol. The van der Waals surface area contributed by atoms with E-state index in [1.807, 2.05) is 11.3 Å². The van der Waals surface area contributed by atoms with E-state index in [1.165, 1.54) is 42.0 Å². The topological polar surface area (TPSA) is 21.3 Å². The van der Waals surface area contributed by atoms with Gasteiger partial charge in [-0.25, -0.2) is 0 Å². The number of hydrogen-bond donors (Lipinski definition) is 0. The van der Waals surface area contributed by atoms with Gasteiger partial charge in [-0.2, -0.15) is 0 Å². The molecular weight excluding hydrogens is 653 g/mol. The molecule has 3 nitrogen and oxygen atoms in total. The van der Waals surface area contributed by atoms with Gasteiger partial charge in [0, 0.05) is 53.3 Å². The highest BCUT2D eigenvalue weighted by Crippen LogP contribution is 2.49. The second-order valence-corrected chi connectivity index (χ2v) is 14.4. The van der Waals surface area contributed by atoms with Gasteiger partial charge in [0.05, 0.1) is 27.8 Å². The van der Waals surface area contributed by atoms with Crippen LogP contribution in [0.5, 0.6) is 0 Å². The molecule has 0 bridgehead atoms. The Balaban J connectivity index is 1.20. The molecule has 0 atom stereocenters. The van der Waals surface area contributed by atoms with Crippen LogP contribution in [0.15, 0.2) is 186 Å². The van der Waals surface area contributed by atoms with E-state index in [0.717, 1.165) is 55.8 Å². The molecule has 0 aliphatic heterocycles. The van der Waals surface area contributed by atoms with Crippen LogP contribution in [0.2, 0.25) is 0 Å². The first kappa shape index (κ1) is 29.1. The Morgan fingerprint density at radius 2 is 1.06 bits per heavy atom. The number of rotatable bonds is 5. The molecule has 3 aromatic heterocycles. The van der Waals surface area contributed by atoms with Gasteiger partial charge in [0.25, 0.3) is 0 Å². The molecule has 0 amide bonds. The zero-order valence-electron chi connectivity index (χ0n) is 28.0. The summed E-state index contributed by atoms with van der Waals surface area (Å²) in [6.45, 7) is 0. The molecule has 0 spiro atoms. The lowest BCUT2D eigenvalue weighted by Crippen LogP contribution is -2.11. The highest BCUT2D eigenvalue weighted by Gasteiger charge is 2.24. The summed E-state index contributed by atoms with van der Waals surface area (Å²) in [6.07, 6.45) is 0. The fourth-order valence-electron chi connectivity index (χ4n) is 8.14. The Hall–Kier alpha value is -6.62. The second kappa shape index (κ2) is 11.5. The number of thiophene rings is 1. The molecule has 11 rings (SSSR count). The predicted octanol–water partition coefficient (Wildman–Crippen LogP) is 14.2. The summed E-state index contributed by atoms with van der Waals surface area (Å²) in [5, 5.41) is 7.22. The molecule has 244 valence electrons. The zero-order valence-corrected chi connectivity index (χ0v) is 28.8. The minimum atomic E-state index is 0.878. The van der Waals surface area contributed by atoms with Gasteiger partial charge in [-0.15, -0.1) is 11.3 Å². The molecule has 4 heteroatoms. The van der Waals surface area contributed by atoms with Crippen LogP contribution in [0.4, 0.5) is 17.1 Å². The molecule has 0 N–H and O–H groups in total. The number of hydrogen-bond acceptors (Lipinski definition) is 3. The lowest BCUT2D eigenvalue weighted by molar-refractivity contribution is 0.670. The van der Waals surface area contributed by atoms with Gasteiger partial charge in [0.2, 0.25) is 0 Å². The van der Waals surface area contributed by atoms with Crippen molar-refractivity contribution < 1.29 is 4.42 Å². The van der Waals surface area contributed by atoms with Crippen LogP contribution in [0.25, 0.3) is 80.7 Å². The average Bonchev–Trinajstić information content (AvgIpc) is 3.89. The maximum absolute atomic E-state index is 6.77. The standard InChI is InChI=1S/C48H30N2OS/c1-2-13-31(14-3-1)34-29-30-42(47-37-17-6-10-22-43(37)51-48(34)47)50(41-21-12-24-45-46(41)38-18-7-11-23-44(38)52-45)33-27-25-32(26-28-33)49-39-19-8-4-15-35(39)36-16-5-9-20-40(36)49/h1-30H. The van der Waals surface area contributed by atoms with Crippen LogP contribution in [-0.4, -0.2) is 4.57 Å². The number of anilines is 3. The van der Waals surface area contributed by atoms with E-state index in [-0.39, 0.29) is 0 Å². The monoisotopic (exact) mass is 682 g/mol. The first-order chi connectivity index (χ1) is 25.8. The highest BCUT2D eigenvalue weighted by atomic mass is 32.1. The van der Waals surface area contributed by atoms with Gasteiger partial charge < -0.3 is 13.9 Å². The van der Waals surface area contributed by atoms with Gasteiger partial charge >= 0.3 is 0 Å². The highest BCUT2D eigenvalue weighted by molar-refractivity contribution is 7.26. The van der Waals surface area contributed by atoms with Crippen LogP contribution < -0.4 is 4.90 Å². The van der Waals surface area contributed by atoms with E-state index in [0.29, 0.717) is 0 Å². The lowest BCUT2D eigenvalue weighted by atomic mass is 9.99. The summed E-state index contributed by atoms with van der Waals surface area (Å²) in [5.41, 5.74) is 10.8. The van der Waals surface area contributed by atoms with Crippen molar-refractivity contribution in [2.75, 3.05) is 4.90 Å². The molecule has 0 unspecified atom stereocenters. The first-order valence-corrected chi connectivity index (χ1v) is 18.4. The van der Waals surface area contributed by atoms with Crippen molar-refractivity contribution in [3.05, 3.63) is 182 Å². The molecule has 3 heterocycles. The second-order valence-electron chi connectivity index (χ2n) is 13.3. The van der Waals surface area contributed by atoms with E-state index < -0.39 is 0 Å². The lowest BCUT2D eigenvalue weighted by Gasteiger charge is -2.28. The van der Waals surface area contributed by atoms with E-state index in [4.69, 9.17) is 4.42 Å². The van der Waals surface area contributed by atoms with Gasteiger partial charge in [0.15, 0.2) is 0 Å². The zero-order chi connectivity index (χ0) is 34.2. The van der Waals surface area contributed by atoms with E-state index in [9.17, 15) is 0 Å². The Morgan fingerprint density at radius 3 is 1.83 bits per heavy atom. The minimum Gasteiger partial charge on any atom is -0.455 e. The number of fused-ring (bicyclic) bond motifs is 9. The van der Waals surface area contributed by atoms with Gasteiger partial charge in [-0.1, -0.05) is 109 Å². The molecule has 0 radical (unpaired) electrons. The van der Waals surface area contributed by atoms with Crippen LogP contribution in [0.1, 0.15) is 0 Å². The van der Waals surface area contributed by atoms with Crippen LogP contribution in [0.3, 0.4) is 0 Å². The maximum atomic E-state index is 6.77. The Morgan fingerprint density at radius 1 is 0.442 bits per heavy atom. The molecule has 0 aliphatic rings. The van der Waals surface area contributed by atoms with Gasteiger partial charge in [-0.3, -0.25) is 0 Å². The van der Waals surface area contributed by atoms with Crippen molar-refractivity contribution in [1.82, 2.24) is 4.57 Å². The van der Waals surface area contributed by atoms with Gasteiger partial charge in [0.1, 0.15) is 11.2 Å². The Labute approximate surface area is 303 Å². The van der Waals surface area contributed by atoms with E-state index in [2.05, 4.69) is 191 Å².